The molecule has 0 heterocycles. The topological polar surface area (TPSA) is 69.4 Å². The third kappa shape index (κ3) is 2.89. The second-order valence-corrected chi connectivity index (χ2v) is 8.73. The Morgan fingerprint density at radius 2 is 2.14 bits per heavy atom. The number of nitrogens with two attached hydrogens (primary N) is 1. The number of rotatable bonds is 7. The fourth-order valence-corrected chi connectivity index (χ4v) is 5.76. The minimum absolute atomic E-state index is 0.0468. The van der Waals surface area contributed by atoms with Crippen LogP contribution in [0, 0.1) is 5.41 Å². The van der Waals surface area contributed by atoms with Gasteiger partial charge in [0.05, 0.1) is 22.3 Å². The number of sulfone groups is 1. The van der Waals surface area contributed by atoms with Crippen molar-refractivity contribution < 1.29 is 13.2 Å². The minimum atomic E-state index is -3.31. The lowest BCUT2D eigenvalue weighted by atomic mass is 10.00. The average Bonchev–Trinajstić information content (AvgIpc) is 3.16. The zero-order valence-corrected chi connectivity index (χ0v) is 15.0. The first-order valence-corrected chi connectivity index (χ1v) is 9.66. The smallest absolute Gasteiger partial charge is 0.154 e. The molecule has 1 saturated carbocycles. The number of benzene rings is 1. The van der Waals surface area contributed by atoms with E-state index < -0.39 is 20.5 Å². The molecular weight excluding hydrogens is 342 g/mol. The fourth-order valence-electron chi connectivity index (χ4n) is 3.09. The third-order valence-electron chi connectivity index (χ3n) is 4.26. The molecule has 0 aliphatic heterocycles. The first kappa shape index (κ1) is 17.7. The van der Waals surface area contributed by atoms with Gasteiger partial charge in [0.2, 0.25) is 0 Å². The summed E-state index contributed by atoms with van der Waals surface area (Å²) < 4.78 is 30.5. The van der Waals surface area contributed by atoms with Crippen LogP contribution in [0.4, 0.5) is 0 Å². The molecule has 122 valence electrons. The second-order valence-electron chi connectivity index (χ2n) is 5.45. The molecule has 2 N–H and O–H groups in total. The number of hydrogen-bond acceptors (Lipinski definition) is 4. The Morgan fingerprint density at radius 1 is 1.45 bits per heavy atom. The van der Waals surface area contributed by atoms with E-state index in [0.717, 1.165) is 5.56 Å². The molecule has 0 unspecified atom stereocenters. The molecule has 0 saturated heterocycles. The van der Waals surface area contributed by atoms with Crippen LogP contribution in [0.3, 0.4) is 0 Å². The molecule has 4 nitrogen and oxygen atoms in total. The van der Waals surface area contributed by atoms with Gasteiger partial charge in [0.25, 0.3) is 0 Å². The van der Waals surface area contributed by atoms with E-state index in [9.17, 15) is 8.42 Å². The summed E-state index contributed by atoms with van der Waals surface area (Å²) in [7, 11) is -3.31. The van der Waals surface area contributed by atoms with Crippen LogP contribution in [0.15, 0.2) is 24.3 Å². The van der Waals surface area contributed by atoms with Crippen LogP contribution in [0.2, 0.25) is 5.02 Å². The molecule has 0 radical (unpaired) electrons. The Balaban J connectivity index is 2.51. The maximum absolute atomic E-state index is 12.5. The van der Waals surface area contributed by atoms with E-state index in [-0.39, 0.29) is 23.3 Å². The van der Waals surface area contributed by atoms with Crippen LogP contribution < -0.4 is 5.73 Å². The molecule has 3 atom stereocenters. The first-order valence-electron chi connectivity index (χ1n) is 7.16. The quantitative estimate of drug-likeness (QED) is 0.756. The van der Waals surface area contributed by atoms with Crippen molar-refractivity contribution in [2.24, 2.45) is 11.1 Å². The normalized spacial score (nSPS) is 27.6. The van der Waals surface area contributed by atoms with E-state index in [1.165, 1.54) is 0 Å². The molecule has 1 aromatic rings. The van der Waals surface area contributed by atoms with Crippen molar-refractivity contribution >= 4 is 38.6 Å². The molecule has 7 heteroatoms. The summed E-state index contributed by atoms with van der Waals surface area (Å²) >= 11 is 11.3. The molecule has 0 bridgehead atoms. The van der Waals surface area contributed by atoms with Gasteiger partial charge in [-0.2, -0.15) is 0 Å². The predicted octanol–water partition coefficient (Wildman–Crippen LogP) is 2.55. The Bertz CT molecular complexity index is 677. The van der Waals surface area contributed by atoms with Gasteiger partial charge in [-0.05, 0) is 24.6 Å². The van der Waals surface area contributed by atoms with Gasteiger partial charge in [0.15, 0.2) is 9.84 Å². The number of thiocarbonyl (C=S) groups is 1. The van der Waals surface area contributed by atoms with Crippen LogP contribution in [-0.2, 0) is 14.6 Å². The molecular formula is C15H20ClNO3S2. The summed E-state index contributed by atoms with van der Waals surface area (Å²) in [6.07, 6.45) is 0. The Kier molecular flexibility index (Phi) is 5.16. The van der Waals surface area contributed by atoms with Crippen molar-refractivity contribution in [2.75, 3.05) is 19.0 Å². The lowest BCUT2D eigenvalue weighted by Crippen LogP contribution is -2.34. The van der Waals surface area contributed by atoms with E-state index in [1.807, 2.05) is 13.0 Å². The predicted molar refractivity (Wildman–Crippen MR) is 93.2 cm³/mol. The second kappa shape index (κ2) is 6.43. The van der Waals surface area contributed by atoms with E-state index in [1.54, 1.807) is 25.1 Å². The molecule has 0 spiro atoms. The highest BCUT2D eigenvalue weighted by Crippen LogP contribution is 2.63. The molecule has 2 rings (SSSR count). The zero-order chi connectivity index (χ0) is 16.5. The Labute approximate surface area is 141 Å². The molecule has 1 fully saturated rings. The summed E-state index contributed by atoms with van der Waals surface area (Å²) in [4.78, 5) is 0.188. The third-order valence-corrected chi connectivity index (χ3v) is 7.14. The summed E-state index contributed by atoms with van der Waals surface area (Å²) in [5, 5.41) is -0.0854. The van der Waals surface area contributed by atoms with Crippen LogP contribution in [-0.4, -0.2) is 37.6 Å². The van der Waals surface area contributed by atoms with Crippen molar-refractivity contribution in [3.8, 4) is 0 Å². The van der Waals surface area contributed by atoms with Gasteiger partial charge in [0.1, 0.15) is 0 Å². The van der Waals surface area contributed by atoms with Gasteiger partial charge < -0.3 is 10.5 Å². The summed E-state index contributed by atoms with van der Waals surface area (Å²) in [5.41, 5.74) is 5.93. The highest BCUT2D eigenvalue weighted by atomic mass is 35.5. The Hall–Kier alpha value is -0.690. The van der Waals surface area contributed by atoms with Gasteiger partial charge in [-0.1, -0.05) is 42.9 Å². The lowest BCUT2D eigenvalue weighted by molar-refractivity contribution is 0.121. The number of ether oxygens (including phenoxy) is 1. The maximum Gasteiger partial charge on any atom is 0.154 e. The highest BCUT2D eigenvalue weighted by molar-refractivity contribution is 7.92. The van der Waals surface area contributed by atoms with Crippen molar-refractivity contribution in [1.82, 2.24) is 0 Å². The molecule has 1 aliphatic rings. The summed E-state index contributed by atoms with van der Waals surface area (Å²) in [6, 6.07) is 7.19. The van der Waals surface area contributed by atoms with Gasteiger partial charge in [-0.15, -0.1) is 0 Å². The monoisotopic (exact) mass is 361 g/mol. The molecule has 1 aliphatic carbocycles. The standard InChI is InChI=1S/C15H20ClNO3S2/c1-3-20-9-15(14(17)21)12(13(15)22(18,19)4-2)10-6-5-7-11(16)8-10/h5-8,12-13H,3-4,9H2,1-2H3,(H2,17,21)/t12-,13+,15-/m1/s1. The highest BCUT2D eigenvalue weighted by Gasteiger charge is 2.72. The summed E-state index contributed by atoms with van der Waals surface area (Å²) in [6.45, 7) is 4.17. The first-order chi connectivity index (χ1) is 10.3. The maximum atomic E-state index is 12.5. The fraction of sp³-hybridized carbons (Fsp3) is 0.533. The lowest BCUT2D eigenvalue weighted by Gasteiger charge is -2.16. The zero-order valence-electron chi connectivity index (χ0n) is 12.6. The van der Waals surface area contributed by atoms with Crippen LogP contribution in [0.1, 0.15) is 25.3 Å². The van der Waals surface area contributed by atoms with Crippen LogP contribution in [0.25, 0.3) is 0 Å². The van der Waals surface area contributed by atoms with E-state index in [2.05, 4.69) is 0 Å². The Morgan fingerprint density at radius 3 is 2.64 bits per heavy atom. The molecule has 1 aromatic carbocycles. The van der Waals surface area contributed by atoms with E-state index >= 15 is 0 Å². The van der Waals surface area contributed by atoms with Crippen LogP contribution >= 0.6 is 23.8 Å². The van der Waals surface area contributed by atoms with Crippen LogP contribution in [0.5, 0.6) is 0 Å². The van der Waals surface area contributed by atoms with E-state index in [0.29, 0.717) is 11.6 Å². The molecule has 22 heavy (non-hydrogen) atoms. The number of hydrogen-bond donors (Lipinski definition) is 1. The van der Waals surface area contributed by atoms with Gasteiger partial charge >= 0.3 is 0 Å². The van der Waals surface area contributed by atoms with Crippen molar-refractivity contribution in [3.63, 3.8) is 0 Å². The average molecular weight is 362 g/mol. The van der Waals surface area contributed by atoms with E-state index in [4.69, 9.17) is 34.3 Å². The van der Waals surface area contributed by atoms with Gasteiger partial charge in [-0.3, -0.25) is 0 Å². The molecule has 0 aromatic heterocycles. The van der Waals surface area contributed by atoms with Gasteiger partial charge in [0, 0.05) is 23.3 Å². The van der Waals surface area contributed by atoms with Crippen molar-refractivity contribution in [1.29, 1.82) is 0 Å². The largest absolute Gasteiger partial charge is 0.393 e. The van der Waals surface area contributed by atoms with Crippen molar-refractivity contribution in [3.05, 3.63) is 34.9 Å². The SMILES string of the molecule is CCOC[C@@]1(C(N)=S)[C@H](c2cccc(Cl)c2)[C@@H]1S(=O)(=O)CC. The minimum Gasteiger partial charge on any atom is -0.393 e. The summed E-state index contributed by atoms with van der Waals surface area (Å²) in [5.74, 6) is -0.259. The molecule has 0 amide bonds. The van der Waals surface area contributed by atoms with Crippen molar-refractivity contribution in [2.45, 2.75) is 25.0 Å². The number of halogens is 1. The van der Waals surface area contributed by atoms with Gasteiger partial charge in [-0.25, -0.2) is 8.42 Å².